The number of sulfonamides is 1. The Morgan fingerprint density at radius 1 is 1.02 bits per heavy atom. The molecule has 4 aromatic rings. The second-order valence-electron chi connectivity index (χ2n) is 11.0. The maximum atomic E-state index is 13.4. The van der Waals surface area contributed by atoms with Gasteiger partial charge < -0.3 is 20.1 Å². The number of carbonyl (C=O) groups excluding carboxylic acids is 2. The van der Waals surface area contributed by atoms with Gasteiger partial charge in [-0.25, -0.2) is 17.9 Å². The summed E-state index contributed by atoms with van der Waals surface area (Å²) >= 11 is 6.42. The number of nitrogens with one attached hydrogen (secondary N) is 3. The van der Waals surface area contributed by atoms with E-state index in [1.807, 2.05) is 58.0 Å². The lowest BCUT2D eigenvalue weighted by Gasteiger charge is -2.24. The van der Waals surface area contributed by atoms with Gasteiger partial charge in [-0.3, -0.25) is 9.52 Å². The molecule has 0 aliphatic rings. The van der Waals surface area contributed by atoms with E-state index in [0.717, 1.165) is 17.4 Å². The topological polar surface area (TPSA) is 154 Å². The van der Waals surface area contributed by atoms with Crippen LogP contribution in [-0.4, -0.2) is 48.8 Å². The molecule has 1 heterocycles. The monoisotopic (exact) mass is 640 g/mol. The number of rotatable bonds is 9. The Kier molecular flexibility index (Phi) is 9.50. The van der Waals surface area contributed by atoms with Crippen molar-refractivity contribution in [3.8, 4) is 17.3 Å². The number of methoxy groups -OCH3 is 1. The van der Waals surface area contributed by atoms with Crippen molar-refractivity contribution in [1.29, 1.82) is 0 Å². The fourth-order valence-electron chi connectivity index (χ4n) is 4.21. The van der Waals surface area contributed by atoms with E-state index < -0.39 is 22.0 Å². The fraction of sp³-hybridized carbons (Fsp3) is 0.267. The second-order valence-corrected chi connectivity index (χ2v) is 13.2. The number of ether oxygens (including phenoxy) is 2. The van der Waals surface area contributed by atoms with Gasteiger partial charge in [0.15, 0.2) is 5.75 Å². The van der Waals surface area contributed by atoms with E-state index in [4.69, 9.17) is 21.1 Å². The van der Waals surface area contributed by atoms with Crippen LogP contribution in [-0.2, 0) is 15.4 Å². The molecular weight excluding hydrogens is 608 g/mol. The molecule has 0 aliphatic heterocycles. The molecule has 0 saturated carbocycles. The quantitative estimate of drug-likeness (QED) is 0.211. The Labute approximate surface area is 260 Å². The normalized spacial score (nSPS) is 12.2. The van der Waals surface area contributed by atoms with Crippen LogP contribution in [0.2, 0.25) is 5.02 Å². The molecule has 3 aromatic carbocycles. The lowest BCUT2D eigenvalue weighted by molar-refractivity contribution is 0.102. The van der Waals surface area contributed by atoms with Crippen LogP contribution in [0.25, 0.3) is 5.69 Å². The number of halogens is 1. The number of carbonyl (C=O) groups is 2. The van der Waals surface area contributed by atoms with Crippen molar-refractivity contribution in [3.63, 3.8) is 0 Å². The van der Waals surface area contributed by atoms with Gasteiger partial charge in [-0.15, -0.1) is 0 Å². The van der Waals surface area contributed by atoms with Crippen LogP contribution in [0.4, 0.5) is 16.2 Å². The molecule has 0 aliphatic carbocycles. The van der Waals surface area contributed by atoms with Crippen LogP contribution in [0.1, 0.15) is 55.2 Å². The second kappa shape index (κ2) is 12.9. The molecule has 0 unspecified atom stereocenters. The minimum absolute atomic E-state index is 0.0803. The highest BCUT2D eigenvalue weighted by Gasteiger charge is 2.23. The average Bonchev–Trinajstić information content (AvgIpc) is 3.40. The third-order valence-corrected chi connectivity index (χ3v) is 7.37. The first-order valence-corrected chi connectivity index (χ1v) is 15.7. The third kappa shape index (κ3) is 8.05. The molecule has 44 heavy (non-hydrogen) atoms. The van der Waals surface area contributed by atoms with E-state index in [1.54, 1.807) is 12.1 Å². The summed E-state index contributed by atoms with van der Waals surface area (Å²) in [4.78, 5) is 25.9. The van der Waals surface area contributed by atoms with Gasteiger partial charge in [0.05, 0.1) is 47.7 Å². The molecule has 3 N–H and O–H groups in total. The van der Waals surface area contributed by atoms with E-state index in [0.29, 0.717) is 5.69 Å². The summed E-state index contributed by atoms with van der Waals surface area (Å²) in [6, 6.07) is 17.0. The van der Waals surface area contributed by atoms with Crippen molar-refractivity contribution >= 4 is 45.0 Å². The van der Waals surface area contributed by atoms with Gasteiger partial charge >= 0.3 is 6.09 Å². The van der Waals surface area contributed by atoms with Gasteiger partial charge in [0.1, 0.15) is 0 Å². The smallest absolute Gasteiger partial charge is 0.414 e. The Morgan fingerprint density at radius 3 is 2.34 bits per heavy atom. The summed E-state index contributed by atoms with van der Waals surface area (Å²) in [5.41, 5.74) is 2.24. The van der Waals surface area contributed by atoms with E-state index in [9.17, 15) is 18.0 Å². The molecule has 0 fully saturated rings. The highest BCUT2D eigenvalue weighted by Crippen LogP contribution is 2.39. The lowest BCUT2D eigenvalue weighted by Crippen LogP contribution is -2.29. The Balaban J connectivity index is 1.56. The fourth-order valence-corrected chi connectivity index (χ4v) is 4.97. The summed E-state index contributed by atoms with van der Waals surface area (Å²) in [7, 11) is -2.27. The van der Waals surface area contributed by atoms with Crippen LogP contribution < -0.4 is 24.8 Å². The summed E-state index contributed by atoms with van der Waals surface area (Å²) in [6.07, 6.45) is 1.67. The number of amides is 2. The molecule has 4 rings (SSSR count). The number of aromatic nitrogens is 3. The molecule has 0 radical (unpaired) electrons. The summed E-state index contributed by atoms with van der Waals surface area (Å²) in [5, 5.41) is 13.7. The number of benzene rings is 3. The van der Waals surface area contributed by atoms with Crippen LogP contribution >= 0.6 is 11.6 Å². The molecule has 1 aromatic heterocycles. The minimum atomic E-state index is -3.64. The molecule has 0 spiro atoms. The molecule has 2 amide bonds. The third-order valence-electron chi connectivity index (χ3n) is 6.46. The van der Waals surface area contributed by atoms with Crippen molar-refractivity contribution in [2.45, 2.75) is 39.2 Å². The molecule has 0 bridgehead atoms. The Morgan fingerprint density at radius 2 is 1.70 bits per heavy atom. The van der Waals surface area contributed by atoms with E-state index >= 15 is 0 Å². The molecule has 0 saturated heterocycles. The zero-order valence-corrected chi connectivity index (χ0v) is 26.6. The zero-order chi connectivity index (χ0) is 32.2. The zero-order valence-electron chi connectivity index (χ0n) is 25.0. The summed E-state index contributed by atoms with van der Waals surface area (Å²) in [5.74, 6) is -0.462. The predicted octanol–water partition coefficient (Wildman–Crippen LogP) is 5.70. The molecule has 1 atom stereocenters. The van der Waals surface area contributed by atoms with Gasteiger partial charge in [-0.2, -0.15) is 0 Å². The minimum Gasteiger partial charge on any atom is -0.492 e. The predicted molar refractivity (Wildman–Crippen MR) is 168 cm³/mol. The summed E-state index contributed by atoms with van der Waals surface area (Å²) < 4.78 is 38.6. The first-order valence-electron chi connectivity index (χ1n) is 13.4. The Bertz CT molecular complexity index is 1790. The first-order chi connectivity index (χ1) is 20.6. The standard InChI is InChI=1S/C30H33ClN6O6S/c1-18(19-10-8-7-9-11-19)32-29(39)43-26-17-37(36-34-26)25-14-20(12-13-22(25)31)28(38)33-23-15-21(30(2,3)4)16-24(27(23)42-5)35-44(6,40)41/h7-18,35H,1-6H3,(H,32,39)(H,33,38)/t18-/m1/s1. The highest BCUT2D eigenvalue weighted by molar-refractivity contribution is 7.92. The number of hydrogen-bond donors (Lipinski definition) is 3. The van der Waals surface area contributed by atoms with Crippen LogP contribution in [0.5, 0.6) is 11.6 Å². The molecule has 12 nitrogen and oxygen atoms in total. The number of hydrogen-bond acceptors (Lipinski definition) is 8. The van der Waals surface area contributed by atoms with E-state index in [1.165, 1.54) is 36.2 Å². The maximum absolute atomic E-state index is 13.4. The van der Waals surface area contributed by atoms with Crippen molar-refractivity contribution in [2.75, 3.05) is 23.4 Å². The highest BCUT2D eigenvalue weighted by atomic mass is 35.5. The summed E-state index contributed by atoms with van der Waals surface area (Å²) in [6.45, 7) is 7.70. The van der Waals surface area contributed by atoms with Gasteiger partial charge in [-0.05, 0) is 53.8 Å². The number of nitrogens with zero attached hydrogens (tertiary/aromatic N) is 3. The van der Waals surface area contributed by atoms with Crippen molar-refractivity contribution in [3.05, 3.63) is 88.6 Å². The maximum Gasteiger partial charge on any atom is 0.414 e. The average molecular weight is 641 g/mol. The van der Waals surface area contributed by atoms with E-state index in [2.05, 4.69) is 25.7 Å². The Hall–Kier alpha value is -4.62. The van der Waals surface area contributed by atoms with Gasteiger partial charge in [0, 0.05) is 5.56 Å². The van der Waals surface area contributed by atoms with Crippen molar-refractivity contribution < 1.29 is 27.5 Å². The van der Waals surface area contributed by atoms with Crippen molar-refractivity contribution in [2.24, 2.45) is 0 Å². The van der Waals surface area contributed by atoms with E-state index in [-0.39, 0.29) is 45.0 Å². The number of anilines is 2. The SMILES string of the molecule is COc1c(NC(=O)c2ccc(Cl)c(-n3cc(OC(=O)N[C@H](C)c4ccccc4)nn3)c2)cc(C(C)(C)C)cc1NS(C)(=O)=O. The molecular formula is C30H33ClN6O6S. The first kappa shape index (κ1) is 32.3. The van der Waals surface area contributed by atoms with Gasteiger partial charge in [0.2, 0.25) is 10.0 Å². The lowest BCUT2D eigenvalue weighted by atomic mass is 9.86. The van der Waals surface area contributed by atoms with Crippen LogP contribution in [0, 0.1) is 0 Å². The van der Waals surface area contributed by atoms with Gasteiger partial charge in [0.25, 0.3) is 11.8 Å². The van der Waals surface area contributed by atoms with Crippen LogP contribution in [0.3, 0.4) is 0 Å². The largest absolute Gasteiger partial charge is 0.492 e. The van der Waals surface area contributed by atoms with Crippen LogP contribution in [0.15, 0.2) is 66.9 Å². The molecule has 14 heteroatoms. The van der Waals surface area contributed by atoms with Crippen molar-refractivity contribution in [1.82, 2.24) is 20.3 Å². The molecule has 232 valence electrons. The van der Waals surface area contributed by atoms with Gasteiger partial charge in [-0.1, -0.05) is 73.0 Å².